The molecular formula is C16H19ClN2O2. The quantitative estimate of drug-likeness (QED) is 0.853. The molecule has 0 amide bonds. The zero-order valence-electron chi connectivity index (χ0n) is 11.7. The summed E-state index contributed by atoms with van der Waals surface area (Å²) in [4.78, 5) is 19.2. The van der Waals surface area contributed by atoms with Crippen molar-refractivity contribution in [2.75, 3.05) is 0 Å². The van der Waals surface area contributed by atoms with E-state index in [2.05, 4.69) is 9.97 Å². The van der Waals surface area contributed by atoms with Gasteiger partial charge < -0.3 is 5.11 Å². The molecule has 2 heterocycles. The monoisotopic (exact) mass is 306 g/mol. The SMILES string of the molecule is Cl.O=C(O)C(CCc1ccncc1)CCc1ccncc1. The van der Waals surface area contributed by atoms with E-state index in [-0.39, 0.29) is 18.3 Å². The minimum Gasteiger partial charge on any atom is -0.481 e. The molecule has 112 valence electrons. The lowest BCUT2D eigenvalue weighted by atomic mass is 9.94. The van der Waals surface area contributed by atoms with E-state index < -0.39 is 5.97 Å². The van der Waals surface area contributed by atoms with Crippen LogP contribution in [0.2, 0.25) is 0 Å². The van der Waals surface area contributed by atoms with Gasteiger partial charge in [0.15, 0.2) is 0 Å². The number of halogens is 1. The van der Waals surface area contributed by atoms with E-state index in [4.69, 9.17) is 0 Å². The predicted octanol–water partition coefficient (Wildman–Crippen LogP) is 3.16. The fourth-order valence-corrected chi connectivity index (χ4v) is 2.17. The van der Waals surface area contributed by atoms with Crippen LogP contribution in [-0.2, 0) is 17.6 Å². The average molecular weight is 307 g/mol. The summed E-state index contributed by atoms with van der Waals surface area (Å²) >= 11 is 0. The van der Waals surface area contributed by atoms with Crippen LogP contribution in [0.4, 0.5) is 0 Å². The lowest BCUT2D eigenvalue weighted by Gasteiger charge is -2.12. The number of aromatic nitrogens is 2. The third kappa shape index (κ3) is 5.92. The second-order valence-electron chi connectivity index (χ2n) is 4.82. The van der Waals surface area contributed by atoms with Gasteiger partial charge in [-0.2, -0.15) is 0 Å². The van der Waals surface area contributed by atoms with E-state index in [0.717, 1.165) is 24.0 Å². The molecule has 0 saturated carbocycles. The van der Waals surface area contributed by atoms with Gasteiger partial charge in [-0.3, -0.25) is 14.8 Å². The molecule has 4 nitrogen and oxygen atoms in total. The van der Waals surface area contributed by atoms with Gasteiger partial charge in [0.1, 0.15) is 0 Å². The highest BCUT2D eigenvalue weighted by Gasteiger charge is 2.17. The van der Waals surface area contributed by atoms with Gasteiger partial charge in [0.25, 0.3) is 0 Å². The van der Waals surface area contributed by atoms with Crippen LogP contribution >= 0.6 is 12.4 Å². The first-order valence-electron chi connectivity index (χ1n) is 6.76. The normalized spacial score (nSPS) is 10.1. The molecule has 0 aromatic carbocycles. The smallest absolute Gasteiger partial charge is 0.306 e. The summed E-state index contributed by atoms with van der Waals surface area (Å²) in [7, 11) is 0. The van der Waals surface area contributed by atoms with Gasteiger partial charge in [-0.1, -0.05) is 0 Å². The Morgan fingerprint density at radius 3 is 1.62 bits per heavy atom. The van der Waals surface area contributed by atoms with Crippen LogP contribution in [0.15, 0.2) is 49.1 Å². The van der Waals surface area contributed by atoms with E-state index in [0.29, 0.717) is 12.8 Å². The molecule has 2 aromatic heterocycles. The fourth-order valence-electron chi connectivity index (χ4n) is 2.17. The van der Waals surface area contributed by atoms with Crippen molar-refractivity contribution in [3.63, 3.8) is 0 Å². The number of aryl methyl sites for hydroxylation is 2. The molecule has 5 heteroatoms. The van der Waals surface area contributed by atoms with E-state index in [9.17, 15) is 9.90 Å². The van der Waals surface area contributed by atoms with Crippen molar-refractivity contribution < 1.29 is 9.90 Å². The topological polar surface area (TPSA) is 63.1 Å². The number of hydrogen-bond acceptors (Lipinski definition) is 3. The number of rotatable bonds is 7. The molecule has 0 aliphatic heterocycles. The Bertz CT molecular complexity index is 491. The summed E-state index contributed by atoms with van der Waals surface area (Å²) in [5.74, 6) is -1.02. The van der Waals surface area contributed by atoms with Crippen LogP contribution in [-0.4, -0.2) is 21.0 Å². The third-order valence-electron chi connectivity index (χ3n) is 3.41. The van der Waals surface area contributed by atoms with Gasteiger partial charge in [-0.05, 0) is 61.1 Å². The van der Waals surface area contributed by atoms with Gasteiger partial charge >= 0.3 is 5.97 Å². The van der Waals surface area contributed by atoms with Crippen LogP contribution in [0.5, 0.6) is 0 Å². The van der Waals surface area contributed by atoms with Crippen molar-refractivity contribution >= 4 is 18.4 Å². The summed E-state index contributed by atoms with van der Waals surface area (Å²) < 4.78 is 0. The minimum atomic E-state index is -0.715. The Morgan fingerprint density at radius 1 is 0.905 bits per heavy atom. The van der Waals surface area contributed by atoms with Crippen LogP contribution in [0, 0.1) is 5.92 Å². The number of pyridine rings is 2. The molecule has 0 aliphatic rings. The standard InChI is InChI=1S/C16H18N2O2.ClH/c19-16(20)15(3-1-13-5-9-17-10-6-13)4-2-14-7-11-18-12-8-14;/h5-12,15H,1-4H2,(H,19,20);1H. The van der Waals surface area contributed by atoms with Gasteiger partial charge in [0.05, 0.1) is 5.92 Å². The fraction of sp³-hybridized carbons (Fsp3) is 0.312. The molecule has 0 unspecified atom stereocenters. The summed E-state index contributed by atoms with van der Waals surface area (Å²) in [6.45, 7) is 0. The van der Waals surface area contributed by atoms with E-state index in [1.54, 1.807) is 24.8 Å². The Hall–Kier alpha value is -1.94. The van der Waals surface area contributed by atoms with E-state index in [1.807, 2.05) is 24.3 Å². The molecule has 0 spiro atoms. The lowest BCUT2D eigenvalue weighted by molar-refractivity contribution is -0.142. The van der Waals surface area contributed by atoms with E-state index in [1.165, 1.54) is 0 Å². The Morgan fingerprint density at radius 2 is 1.29 bits per heavy atom. The highest BCUT2D eigenvalue weighted by atomic mass is 35.5. The van der Waals surface area contributed by atoms with Crippen LogP contribution in [0.1, 0.15) is 24.0 Å². The van der Waals surface area contributed by atoms with Gasteiger partial charge in [-0.15, -0.1) is 12.4 Å². The van der Waals surface area contributed by atoms with Crippen LogP contribution in [0.3, 0.4) is 0 Å². The summed E-state index contributed by atoms with van der Waals surface area (Å²) in [5.41, 5.74) is 2.27. The molecule has 2 aromatic rings. The number of carboxylic acid groups (broad SMARTS) is 1. The maximum absolute atomic E-state index is 11.3. The van der Waals surface area contributed by atoms with Crippen molar-refractivity contribution in [3.05, 3.63) is 60.2 Å². The highest BCUT2D eigenvalue weighted by Crippen LogP contribution is 2.16. The first kappa shape index (κ1) is 17.1. The van der Waals surface area contributed by atoms with Gasteiger partial charge in [0.2, 0.25) is 0 Å². The van der Waals surface area contributed by atoms with Crippen molar-refractivity contribution in [2.45, 2.75) is 25.7 Å². The maximum atomic E-state index is 11.3. The number of hydrogen-bond donors (Lipinski definition) is 1. The molecular weight excluding hydrogens is 288 g/mol. The molecule has 0 bridgehead atoms. The molecule has 0 radical (unpaired) electrons. The Balaban J connectivity index is 0.00000220. The first-order chi connectivity index (χ1) is 9.75. The maximum Gasteiger partial charge on any atom is 0.306 e. The molecule has 0 atom stereocenters. The molecule has 21 heavy (non-hydrogen) atoms. The van der Waals surface area contributed by atoms with Crippen molar-refractivity contribution in [1.29, 1.82) is 0 Å². The largest absolute Gasteiger partial charge is 0.481 e. The molecule has 0 fully saturated rings. The Labute approximate surface area is 130 Å². The summed E-state index contributed by atoms with van der Waals surface area (Å²) in [5, 5.41) is 9.30. The van der Waals surface area contributed by atoms with Crippen LogP contribution in [0.25, 0.3) is 0 Å². The van der Waals surface area contributed by atoms with Gasteiger partial charge in [0, 0.05) is 24.8 Å². The predicted molar refractivity (Wildman–Crippen MR) is 83.5 cm³/mol. The van der Waals surface area contributed by atoms with E-state index >= 15 is 0 Å². The molecule has 0 aliphatic carbocycles. The first-order valence-corrected chi connectivity index (χ1v) is 6.76. The minimum absolute atomic E-state index is 0. The number of nitrogens with zero attached hydrogens (tertiary/aromatic N) is 2. The molecule has 0 saturated heterocycles. The third-order valence-corrected chi connectivity index (χ3v) is 3.41. The average Bonchev–Trinajstić information content (AvgIpc) is 2.49. The summed E-state index contributed by atoms with van der Waals surface area (Å²) in [6.07, 6.45) is 9.81. The highest BCUT2D eigenvalue weighted by molar-refractivity contribution is 5.85. The Kier molecular flexibility index (Phi) is 7.40. The second-order valence-corrected chi connectivity index (χ2v) is 4.82. The zero-order chi connectivity index (χ0) is 14.2. The number of aliphatic carboxylic acids is 1. The van der Waals surface area contributed by atoms with Crippen molar-refractivity contribution in [2.24, 2.45) is 5.92 Å². The number of carbonyl (C=O) groups is 1. The number of carboxylic acids is 1. The zero-order valence-corrected chi connectivity index (χ0v) is 12.5. The van der Waals surface area contributed by atoms with Gasteiger partial charge in [-0.25, -0.2) is 0 Å². The lowest BCUT2D eigenvalue weighted by Crippen LogP contribution is -2.15. The van der Waals surface area contributed by atoms with Crippen molar-refractivity contribution in [3.8, 4) is 0 Å². The van der Waals surface area contributed by atoms with Crippen molar-refractivity contribution in [1.82, 2.24) is 9.97 Å². The summed E-state index contributed by atoms with van der Waals surface area (Å²) in [6, 6.07) is 7.73. The molecule has 1 N–H and O–H groups in total. The van der Waals surface area contributed by atoms with Crippen LogP contribution < -0.4 is 0 Å². The second kappa shape index (κ2) is 9.08. The molecule has 2 rings (SSSR count).